The number of aryl methyl sites for hydroxylation is 2. The highest BCUT2D eigenvalue weighted by atomic mass is 32.2. The summed E-state index contributed by atoms with van der Waals surface area (Å²) < 4.78 is 1.85. The summed E-state index contributed by atoms with van der Waals surface area (Å²) in [6.07, 6.45) is 1.11. The summed E-state index contributed by atoms with van der Waals surface area (Å²) in [7, 11) is 3.57. The molecular formula is C12H22N4OS. The molecule has 0 aliphatic heterocycles. The van der Waals surface area contributed by atoms with Gasteiger partial charge in [0.2, 0.25) is 5.91 Å². The van der Waals surface area contributed by atoms with Gasteiger partial charge >= 0.3 is 0 Å². The molecule has 1 rings (SSSR count). The van der Waals surface area contributed by atoms with Crippen LogP contribution >= 0.6 is 11.8 Å². The van der Waals surface area contributed by atoms with Crippen LogP contribution in [0.25, 0.3) is 0 Å². The van der Waals surface area contributed by atoms with Crippen molar-refractivity contribution in [2.24, 2.45) is 7.05 Å². The minimum Gasteiger partial charge on any atom is -0.358 e. The molecule has 0 aliphatic rings. The molecule has 0 aromatic carbocycles. The van der Waals surface area contributed by atoms with Gasteiger partial charge in [-0.2, -0.15) is 5.10 Å². The summed E-state index contributed by atoms with van der Waals surface area (Å²) in [5, 5.41) is 11.5. The molecule has 6 heteroatoms. The Morgan fingerprint density at radius 3 is 2.83 bits per heavy atom. The number of aromatic nitrogens is 2. The topological polar surface area (TPSA) is 59.0 Å². The number of carbonyl (C=O) groups is 1. The number of hydrogen-bond acceptors (Lipinski definition) is 4. The Bertz CT molecular complexity index is 403. The Hall–Kier alpha value is -1.01. The van der Waals surface area contributed by atoms with Gasteiger partial charge in [-0.05, 0) is 19.9 Å². The number of nitrogens with zero attached hydrogens (tertiary/aromatic N) is 2. The summed E-state index contributed by atoms with van der Waals surface area (Å²) in [6, 6.07) is 0. The van der Waals surface area contributed by atoms with Crippen LogP contribution in [0.15, 0.2) is 5.03 Å². The van der Waals surface area contributed by atoms with E-state index in [0.29, 0.717) is 5.75 Å². The lowest BCUT2D eigenvalue weighted by atomic mass is 10.2. The van der Waals surface area contributed by atoms with Crippen molar-refractivity contribution in [1.29, 1.82) is 0 Å². The third kappa shape index (κ3) is 4.03. The van der Waals surface area contributed by atoms with Gasteiger partial charge in [0.1, 0.15) is 0 Å². The normalized spacial score (nSPS) is 10.7. The fourth-order valence-electron chi connectivity index (χ4n) is 1.66. The third-order valence-electron chi connectivity index (χ3n) is 2.64. The van der Waals surface area contributed by atoms with Crippen molar-refractivity contribution < 1.29 is 4.79 Å². The summed E-state index contributed by atoms with van der Waals surface area (Å²) in [4.78, 5) is 11.3. The van der Waals surface area contributed by atoms with E-state index < -0.39 is 0 Å². The molecule has 0 atom stereocenters. The van der Waals surface area contributed by atoms with Gasteiger partial charge in [-0.25, -0.2) is 0 Å². The van der Waals surface area contributed by atoms with Gasteiger partial charge in [-0.1, -0.05) is 18.7 Å². The van der Waals surface area contributed by atoms with E-state index in [1.807, 2.05) is 18.7 Å². The molecule has 0 saturated heterocycles. The third-order valence-corrected chi connectivity index (χ3v) is 3.83. The molecule has 18 heavy (non-hydrogen) atoms. The summed E-state index contributed by atoms with van der Waals surface area (Å²) in [5.74, 6) is 0.460. The molecule has 2 N–H and O–H groups in total. The van der Waals surface area contributed by atoms with Crippen LogP contribution in [-0.2, 0) is 18.4 Å². The second-order valence-corrected chi connectivity index (χ2v) is 5.10. The average molecular weight is 270 g/mol. The first kappa shape index (κ1) is 15.0. The molecule has 0 spiro atoms. The van der Waals surface area contributed by atoms with Crippen LogP contribution < -0.4 is 10.6 Å². The number of hydrogen-bond donors (Lipinski definition) is 2. The Labute approximate surface area is 113 Å². The van der Waals surface area contributed by atoms with Crippen LogP contribution in [0.4, 0.5) is 0 Å². The smallest absolute Gasteiger partial charge is 0.230 e. The minimum absolute atomic E-state index is 0.0336. The Morgan fingerprint density at radius 1 is 1.50 bits per heavy atom. The molecule has 0 saturated carbocycles. The Kier molecular flexibility index (Phi) is 6.21. The van der Waals surface area contributed by atoms with Crippen molar-refractivity contribution in [3.63, 3.8) is 0 Å². The van der Waals surface area contributed by atoms with Gasteiger partial charge in [0, 0.05) is 26.2 Å². The van der Waals surface area contributed by atoms with Crippen molar-refractivity contribution in [1.82, 2.24) is 20.4 Å². The second kappa shape index (κ2) is 7.43. The molecular weight excluding hydrogens is 248 g/mol. The number of thioether (sulfide) groups is 1. The zero-order valence-corrected chi connectivity index (χ0v) is 12.4. The Balaban J connectivity index is 2.72. The van der Waals surface area contributed by atoms with Crippen molar-refractivity contribution >= 4 is 17.7 Å². The number of rotatable bonds is 7. The van der Waals surface area contributed by atoms with E-state index in [-0.39, 0.29) is 5.91 Å². The van der Waals surface area contributed by atoms with E-state index in [4.69, 9.17) is 0 Å². The molecule has 0 radical (unpaired) electrons. The van der Waals surface area contributed by atoms with Crippen LogP contribution in [0, 0.1) is 6.92 Å². The van der Waals surface area contributed by atoms with Gasteiger partial charge < -0.3 is 10.6 Å². The van der Waals surface area contributed by atoms with Gasteiger partial charge in [0.25, 0.3) is 0 Å². The van der Waals surface area contributed by atoms with E-state index in [1.54, 1.807) is 7.05 Å². The lowest BCUT2D eigenvalue weighted by molar-refractivity contribution is -0.118. The van der Waals surface area contributed by atoms with Gasteiger partial charge in [-0.3, -0.25) is 9.48 Å². The van der Waals surface area contributed by atoms with E-state index in [1.165, 1.54) is 17.3 Å². The summed E-state index contributed by atoms with van der Waals surface area (Å²) in [5.41, 5.74) is 2.22. The van der Waals surface area contributed by atoms with Crippen molar-refractivity contribution in [2.75, 3.05) is 19.3 Å². The van der Waals surface area contributed by atoms with Crippen LogP contribution in [0.3, 0.4) is 0 Å². The average Bonchev–Trinajstić information content (AvgIpc) is 2.61. The van der Waals surface area contributed by atoms with Gasteiger partial charge in [-0.15, -0.1) is 0 Å². The van der Waals surface area contributed by atoms with Crippen LogP contribution in [0.2, 0.25) is 0 Å². The summed E-state index contributed by atoms with van der Waals surface area (Å²) in [6.45, 7) is 5.95. The first-order valence-corrected chi connectivity index (χ1v) is 7.15. The maximum Gasteiger partial charge on any atom is 0.230 e. The standard InChI is InChI=1S/C12H22N4OS/c1-5-6-14-7-10-9(2)15-16(4)12(10)18-8-11(17)13-3/h14H,5-8H2,1-4H3,(H,13,17). The lowest BCUT2D eigenvalue weighted by Gasteiger charge is -2.07. The van der Waals surface area contributed by atoms with Gasteiger partial charge in [0.15, 0.2) is 0 Å². The summed E-state index contributed by atoms with van der Waals surface area (Å²) >= 11 is 1.53. The molecule has 0 aliphatic carbocycles. The molecule has 0 fully saturated rings. The lowest BCUT2D eigenvalue weighted by Crippen LogP contribution is -2.20. The monoisotopic (exact) mass is 270 g/mol. The predicted octanol–water partition coefficient (Wildman–Crippen LogP) is 1.07. The molecule has 0 unspecified atom stereocenters. The Morgan fingerprint density at radius 2 is 2.22 bits per heavy atom. The fraction of sp³-hybridized carbons (Fsp3) is 0.667. The number of amides is 1. The first-order chi connectivity index (χ1) is 8.60. The van der Waals surface area contributed by atoms with E-state index in [0.717, 1.165) is 30.2 Å². The molecule has 1 heterocycles. The van der Waals surface area contributed by atoms with Crippen molar-refractivity contribution in [3.8, 4) is 0 Å². The largest absolute Gasteiger partial charge is 0.358 e. The van der Waals surface area contributed by atoms with Crippen LogP contribution in [-0.4, -0.2) is 35.0 Å². The van der Waals surface area contributed by atoms with E-state index in [9.17, 15) is 4.79 Å². The maximum absolute atomic E-state index is 11.3. The highest BCUT2D eigenvalue weighted by Crippen LogP contribution is 2.24. The fourth-order valence-corrected chi connectivity index (χ4v) is 2.70. The van der Waals surface area contributed by atoms with Crippen molar-refractivity contribution in [2.45, 2.75) is 31.8 Å². The van der Waals surface area contributed by atoms with E-state index in [2.05, 4.69) is 22.7 Å². The molecule has 0 bridgehead atoms. The molecule has 1 aromatic rings. The van der Waals surface area contributed by atoms with Gasteiger partial charge in [0.05, 0.1) is 16.5 Å². The first-order valence-electron chi connectivity index (χ1n) is 6.16. The highest BCUT2D eigenvalue weighted by Gasteiger charge is 2.14. The minimum atomic E-state index is 0.0336. The number of nitrogens with one attached hydrogen (secondary N) is 2. The SMILES string of the molecule is CCCNCc1c(C)nn(C)c1SCC(=O)NC. The quantitative estimate of drug-likeness (QED) is 0.575. The molecule has 1 amide bonds. The van der Waals surface area contributed by atoms with Crippen molar-refractivity contribution in [3.05, 3.63) is 11.3 Å². The van der Waals surface area contributed by atoms with E-state index >= 15 is 0 Å². The predicted molar refractivity (Wildman–Crippen MR) is 74.7 cm³/mol. The zero-order chi connectivity index (χ0) is 13.5. The molecule has 5 nitrogen and oxygen atoms in total. The highest BCUT2D eigenvalue weighted by molar-refractivity contribution is 8.00. The maximum atomic E-state index is 11.3. The second-order valence-electron chi connectivity index (χ2n) is 4.13. The zero-order valence-electron chi connectivity index (χ0n) is 11.5. The van der Waals surface area contributed by atoms with Crippen LogP contribution in [0.5, 0.6) is 0 Å². The molecule has 1 aromatic heterocycles. The van der Waals surface area contributed by atoms with Crippen LogP contribution in [0.1, 0.15) is 24.6 Å². The molecule has 102 valence electrons. The number of carbonyl (C=O) groups excluding carboxylic acids is 1.